The number of alkyl halides is 3. The minimum Gasteiger partial charge on any atom is -0.484 e. The topological polar surface area (TPSA) is 76.0 Å². The summed E-state index contributed by atoms with van der Waals surface area (Å²) in [4.78, 5) is 17.8. The van der Waals surface area contributed by atoms with E-state index in [1.165, 1.54) is 11.0 Å². The van der Waals surface area contributed by atoms with Crippen LogP contribution in [0.25, 0.3) is 0 Å². The lowest BCUT2D eigenvalue weighted by molar-refractivity contribution is -0.137. The van der Waals surface area contributed by atoms with Gasteiger partial charge in [-0.05, 0) is 42.5 Å². The van der Waals surface area contributed by atoms with Crippen molar-refractivity contribution in [1.82, 2.24) is 0 Å². The van der Waals surface area contributed by atoms with Crippen molar-refractivity contribution in [2.24, 2.45) is 4.99 Å². The molecule has 1 amide bonds. The Balaban J connectivity index is 1.63. The number of benzene rings is 2. The fourth-order valence-electron chi connectivity index (χ4n) is 3.56. The molecule has 6 nitrogen and oxygen atoms in total. The second-order valence-electron chi connectivity index (χ2n) is 7.36. The van der Waals surface area contributed by atoms with Gasteiger partial charge in [0.25, 0.3) is 5.91 Å². The lowest BCUT2D eigenvalue weighted by Gasteiger charge is -2.25. The van der Waals surface area contributed by atoms with Crippen molar-refractivity contribution in [3.05, 3.63) is 58.1 Å². The molecule has 0 radical (unpaired) electrons. The number of halogens is 5. The highest BCUT2D eigenvalue weighted by molar-refractivity contribution is 8.16. The van der Waals surface area contributed by atoms with Crippen molar-refractivity contribution in [3.8, 4) is 5.75 Å². The van der Waals surface area contributed by atoms with Crippen LogP contribution in [-0.2, 0) is 20.8 Å². The Hall–Kier alpha value is -1.95. The molecule has 2 aromatic carbocycles. The number of thioether (sulfide) groups is 1. The molecule has 0 unspecified atom stereocenters. The molecule has 2 saturated heterocycles. The van der Waals surface area contributed by atoms with E-state index in [1.54, 1.807) is 24.3 Å². The molecule has 2 aliphatic heterocycles. The normalized spacial score (nSPS) is 23.1. The standard InChI is InChI=1S/C20H15Cl2F3N2O4S2/c21-11-1-4-13(5-2-11)31-8-18(28)26-19-27(16-9-33(29,30)10-17(16)32-19)12-3-6-15(22)14(7-12)20(23,24)25/h1-7,16-17H,8-10H2/t16-,17-/m1/s1. The van der Waals surface area contributed by atoms with Crippen LogP contribution in [0.4, 0.5) is 18.9 Å². The second-order valence-corrected chi connectivity index (χ2v) is 11.6. The minimum atomic E-state index is -4.71. The molecule has 0 saturated carbocycles. The van der Waals surface area contributed by atoms with Crippen LogP contribution in [0.1, 0.15) is 5.56 Å². The van der Waals surface area contributed by atoms with E-state index in [4.69, 9.17) is 27.9 Å². The number of nitrogens with zero attached hydrogens (tertiary/aromatic N) is 2. The van der Waals surface area contributed by atoms with E-state index in [9.17, 15) is 26.4 Å². The van der Waals surface area contributed by atoms with Crippen molar-refractivity contribution in [2.75, 3.05) is 23.0 Å². The van der Waals surface area contributed by atoms with Gasteiger partial charge in [-0.25, -0.2) is 8.42 Å². The van der Waals surface area contributed by atoms with E-state index >= 15 is 0 Å². The van der Waals surface area contributed by atoms with Gasteiger partial charge in [0, 0.05) is 16.0 Å². The highest BCUT2D eigenvalue weighted by atomic mass is 35.5. The van der Waals surface area contributed by atoms with Gasteiger partial charge in [-0.2, -0.15) is 18.2 Å². The third-order valence-corrected chi connectivity index (χ3v) is 8.79. The summed E-state index contributed by atoms with van der Waals surface area (Å²) < 4.78 is 69.8. The third kappa shape index (κ3) is 5.42. The molecule has 4 rings (SSSR count). The van der Waals surface area contributed by atoms with E-state index in [-0.39, 0.29) is 22.4 Å². The first-order valence-corrected chi connectivity index (χ1v) is 12.9. The van der Waals surface area contributed by atoms with Gasteiger partial charge in [0.2, 0.25) is 0 Å². The van der Waals surface area contributed by atoms with Gasteiger partial charge in [0.05, 0.1) is 28.1 Å². The number of rotatable bonds is 4. The lowest BCUT2D eigenvalue weighted by atomic mass is 10.1. The smallest absolute Gasteiger partial charge is 0.417 e. The number of ether oxygens (including phenoxy) is 1. The van der Waals surface area contributed by atoms with Crippen LogP contribution in [0, 0.1) is 0 Å². The predicted octanol–water partition coefficient (Wildman–Crippen LogP) is 4.69. The van der Waals surface area contributed by atoms with Crippen LogP contribution in [0.2, 0.25) is 10.0 Å². The number of aliphatic imine (C=N–C) groups is 1. The van der Waals surface area contributed by atoms with Crippen molar-refractivity contribution < 1.29 is 31.1 Å². The Morgan fingerprint density at radius 2 is 1.85 bits per heavy atom. The van der Waals surface area contributed by atoms with Gasteiger partial charge in [0.1, 0.15) is 5.75 Å². The van der Waals surface area contributed by atoms with Crippen LogP contribution in [0.5, 0.6) is 5.75 Å². The van der Waals surface area contributed by atoms with Crippen molar-refractivity contribution >= 4 is 61.6 Å². The first-order chi connectivity index (χ1) is 15.4. The third-order valence-electron chi connectivity index (χ3n) is 5.00. The number of sulfone groups is 1. The molecule has 13 heteroatoms. The van der Waals surface area contributed by atoms with Crippen LogP contribution < -0.4 is 9.64 Å². The summed E-state index contributed by atoms with van der Waals surface area (Å²) in [5.41, 5.74) is -1.01. The van der Waals surface area contributed by atoms with E-state index in [0.29, 0.717) is 10.8 Å². The van der Waals surface area contributed by atoms with E-state index in [0.717, 1.165) is 23.9 Å². The van der Waals surface area contributed by atoms with Crippen LogP contribution in [0.15, 0.2) is 47.5 Å². The largest absolute Gasteiger partial charge is 0.484 e. The zero-order valence-electron chi connectivity index (χ0n) is 16.6. The fourth-order valence-corrected chi connectivity index (χ4v) is 7.84. The van der Waals surface area contributed by atoms with Gasteiger partial charge in [-0.15, -0.1) is 0 Å². The number of amidine groups is 1. The zero-order valence-corrected chi connectivity index (χ0v) is 19.7. The molecule has 2 aromatic rings. The number of hydrogen-bond donors (Lipinski definition) is 0. The lowest BCUT2D eigenvalue weighted by Crippen LogP contribution is -2.38. The number of carbonyl (C=O) groups excluding carboxylic acids is 1. The molecule has 2 heterocycles. The molecular weight excluding hydrogens is 524 g/mol. The predicted molar refractivity (Wildman–Crippen MR) is 122 cm³/mol. The van der Waals surface area contributed by atoms with Crippen LogP contribution in [-0.4, -0.2) is 48.9 Å². The Morgan fingerprint density at radius 3 is 2.52 bits per heavy atom. The molecule has 0 bridgehead atoms. The molecule has 2 atom stereocenters. The zero-order chi connectivity index (χ0) is 24.0. The summed E-state index contributed by atoms with van der Waals surface area (Å²) in [5.74, 6) is -0.708. The maximum absolute atomic E-state index is 13.4. The fraction of sp³-hybridized carbons (Fsp3) is 0.300. The highest BCUT2D eigenvalue weighted by Gasteiger charge is 2.49. The molecule has 176 valence electrons. The number of amides is 1. The summed E-state index contributed by atoms with van der Waals surface area (Å²) in [6, 6.07) is 8.92. The van der Waals surface area contributed by atoms with Crippen LogP contribution in [0.3, 0.4) is 0 Å². The van der Waals surface area contributed by atoms with E-state index in [2.05, 4.69) is 4.99 Å². The van der Waals surface area contributed by atoms with Crippen LogP contribution >= 0.6 is 35.0 Å². The molecule has 2 aliphatic rings. The monoisotopic (exact) mass is 538 g/mol. The maximum Gasteiger partial charge on any atom is 0.417 e. The summed E-state index contributed by atoms with van der Waals surface area (Å²) in [7, 11) is -3.38. The van der Waals surface area contributed by atoms with Crippen molar-refractivity contribution in [3.63, 3.8) is 0 Å². The Labute approximate surface area is 201 Å². The SMILES string of the molecule is O=C(COc1ccc(Cl)cc1)N=C1S[C@@H]2CS(=O)(=O)C[C@H]2N1c1ccc(Cl)c(C(F)(F)F)c1. The average molecular weight is 539 g/mol. The molecule has 2 fully saturated rings. The molecular formula is C20H15Cl2F3N2O4S2. The van der Waals surface area contributed by atoms with Gasteiger partial charge in [0.15, 0.2) is 21.6 Å². The summed E-state index contributed by atoms with van der Waals surface area (Å²) >= 11 is 12.6. The number of carbonyl (C=O) groups is 1. The molecule has 33 heavy (non-hydrogen) atoms. The van der Waals surface area contributed by atoms with Gasteiger partial charge < -0.3 is 9.64 Å². The van der Waals surface area contributed by atoms with Gasteiger partial charge >= 0.3 is 6.18 Å². The minimum absolute atomic E-state index is 0.0500. The number of hydrogen-bond acceptors (Lipinski definition) is 5. The molecule has 0 N–H and O–H groups in total. The Bertz CT molecular complexity index is 1220. The quantitative estimate of drug-likeness (QED) is 0.561. The molecule has 0 spiro atoms. The number of fused-ring (bicyclic) bond motifs is 1. The molecule has 0 aliphatic carbocycles. The van der Waals surface area contributed by atoms with Crippen molar-refractivity contribution in [2.45, 2.75) is 17.5 Å². The van der Waals surface area contributed by atoms with E-state index in [1.807, 2.05) is 0 Å². The van der Waals surface area contributed by atoms with Gasteiger partial charge in [-0.1, -0.05) is 35.0 Å². The maximum atomic E-state index is 13.4. The second kappa shape index (κ2) is 9.01. The summed E-state index contributed by atoms with van der Waals surface area (Å²) in [5, 5.41) is -0.349. The average Bonchev–Trinajstić information content (AvgIpc) is 3.18. The summed E-state index contributed by atoms with van der Waals surface area (Å²) in [6.07, 6.45) is -4.71. The van der Waals surface area contributed by atoms with Crippen molar-refractivity contribution in [1.29, 1.82) is 0 Å². The van der Waals surface area contributed by atoms with E-state index < -0.39 is 50.4 Å². The highest BCUT2D eigenvalue weighted by Crippen LogP contribution is 2.43. The first-order valence-electron chi connectivity index (χ1n) is 9.46. The molecule has 0 aromatic heterocycles. The number of anilines is 1. The Kier molecular flexibility index (Phi) is 6.60. The Morgan fingerprint density at radius 1 is 1.15 bits per heavy atom. The summed E-state index contributed by atoms with van der Waals surface area (Å²) in [6.45, 7) is -0.415. The van der Waals surface area contributed by atoms with Gasteiger partial charge in [-0.3, -0.25) is 4.79 Å². The first kappa shape index (κ1) is 24.2.